The zero-order valence-corrected chi connectivity index (χ0v) is 8.22. The van der Waals surface area contributed by atoms with Gasteiger partial charge in [0, 0.05) is 7.05 Å². The highest BCUT2D eigenvalue weighted by Gasteiger charge is 2.23. The van der Waals surface area contributed by atoms with E-state index in [-0.39, 0.29) is 10.6 Å². The molecule has 0 aromatic heterocycles. The van der Waals surface area contributed by atoms with Crippen molar-refractivity contribution in [3.05, 3.63) is 32.1 Å². The second-order valence-electron chi connectivity index (χ2n) is 2.42. The molecule has 1 rings (SSSR count). The molecule has 1 N–H and O–H groups in total. The van der Waals surface area contributed by atoms with Gasteiger partial charge in [0.1, 0.15) is 5.70 Å². The summed E-state index contributed by atoms with van der Waals surface area (Å²) < 4.78 is 0.666. The van der Waals surface area contributed by atoms with Crippen LogP contribution in [0.5, 0.6) is 0 Å². The normalized spacial score (nSPS) is 17.3. The van der Waals surface area contributed by atoms with Crippen LogP contribution in [0.1, 0.15) is 12.8 Å². The maximum absolute atomic E-state index is 10.6. The molecule has 0 aliphatic heterocycles. The van der Waals surface area contributed by atoms with Crippen molar-refractivity contribution in [2.45, 2.75) is 12.8 Å². The average Bonchev–Trinajstić information content (AvgIpc) is 2.03. The molecule has 12 heavy (non-hydrogen) atoms. The fourth-order valence-corrected chi connectivity index (χ4v) is 1.71. The van der Waals surface area contributed by atoms with Gasteiger partial charge in [-0.1, -0.05) is 6.08 Å². The van der Waals surface area contributed by atoms with Crippen molar-refractivity contribution in [1.82, 2.24) is 5.32 Å². The van der Waals surface area contributed by atoms with Crippen LogP contribution >= 0.6 is 15.9 Å². The average molecular weight is 233 g/mol. The van der Waals surface area contributed by atoms with Crippen molar-refractivity contribution in [2.24, 2.45) is 0 Å². The number of rotatable bonds is 2. The van der Waals surface area contributed by atoms with E-state index in [0.717, 1.165) is 6.42 Å². The summed E-state index contributed by atoms with van der Waals surface area (Å²) in [6.07, 6.45) is 3.39. The zero-order chi connectivity index (χ0) is 9.14. The minimum absolute atomic E-state index is 0.156. The number of nitro groups is 1. The van der Waals surface area contributed by atoms with E-state index in [9.17, 15) is 10.1 Å². The molecule has 0 saturated carbocycles. The molecule has 1 aliphatic rings. The quantitative estimate of drug-likeness (QED) is 0.584. The molecule has 66 valence electrons. The van der Waals surface area contributed by atoms with Crippen molar-refractivity contribution >= 4 is 15.9 Å². The first-order valence-electron chi connectivity index (χ1n) is 3.58. The minimum Gasteiger partial charge on any atom is -0.383 e. The lowest BCUT2D eigenvalue weighted by molar-refractivity contribution is -0.422. The number of nitrogens with one attached hydrogen (secondary N) is 1. The van der Waals surface area contributed by atoms with Gasteiger partial charge in [0.15, 0.2) is 0 Å². The molecule has 0 spiro atoms. The number of halogens is 1. The number of allylic oxidation sites excluding steroid dienone is 2. The van der Waals surface area contributed by atoms with Crippen LogP contribution in [0.15, 0.2) is 22.0 Å². The van der Waals surface area contributed by atoms with E-state index in [1.807, 2.05) is 6.08 Å². The highest BCUT2D eigenvalue weighted by molar-refractivity contribution is 9.11. The predicted molar refractivity (Wildman–Crippen MR) is 49.3 cm³/mol. The lowest BCUT2D eigenvalue weighted by Gasteiger charge is -2.10. The van der Waals surface area contributed by atoms with E-state index in [2.05, 4.69) is 21.2 Å². The van der Waals surface area contributed by atoms with E-state index in [1.54, 1.807) is 7.05 Å². The molecular formula is C7H9BrN2O2. The molecule has 0 heterocycles. The Labute approximate surface area is 78.6 Å². The molecule has 4 nitrogen and oxygen atoms in total. The topological polar surface area (TPSA) is 55.2 Å². The van der Waals surface area contributed by atoms with Crippen LogP contribution in [0.4, 0.5) is 0 Å². The Morgan fingerprint density at radius 1 is 1.75 bits per heavy atom. The molecular weight excluding hydrogens is 224 g/mol. The molecule has 0 saturated heterocycles. The highest BCUT2D eigenvalue weighted by atomic mass is 79.9. The summed E-state index contributed by atoms with van der Waals surface area (Å²) in [7, 11) is 1.68. The molecule has 0 atom stereocenters. The van der Waals surface area contributed by atoms with Crippen LogP contribution in [0.2, 0.25) is 0 Å². The fraction of sp³-hybridized carbons (Fsp3) is 0.429. The summed E-state index contributed by atoms with van der Waals surface area (Å²) in [6, 6.07) is 0. The van der Waals surface area contributed by atoms with Crippen molar-refractivity contribution in [1.29, 1.82) is 0 Å². The summed E-state index contributed by atoms with van der Waals surface area (Å²) in [6.45, 7) is 0. The van der Waals surface area contributed by atoms with E-state index in [4.69, 9.17) is 0 Å². The summed E-state index contributed by atoms with van der Waals surface area (Å²) in [5.41, 5.74) is 0.752. The predicted octanol–water partition coefficient (Wildman–Crippen LogP) is 1.77. The Hall–Kier alpha value is -0.840. The first-order valence-corrected chi connectivity index (χ1v) is 4.37. The second-order valence-corrected chi connectivity index (χ2v) is 3.37. The third kappa shape index (κ3) is 1.66. The first kappa shape index (κ1) is 9.25. The molecule has 0 bridgehead atoms. The van der Waals surface area contributed by atoms with Crippen LogP contribution in [-0.4, -0.2) is 12.0 Å². The van der Waals surface area contributed by atoms with E-state index < -0.39 is 0 Å². The van der Waals surface area contributed by atoms with Crippen LogP contribution in [-0.2, 0) is 0 Å². The van der Waals surface area contributed by atoms with Crippen LogP contribution in [0.25, 0.3) is 0 Å². The Balaban J connectivity index is 3.03. The van der Waals surface area contributed by atoms with Crippen molar-refractivity contribution in [3.8, 4) is 0 Å². The number of nitrogens with zero attached hydrogens (tertiary/aromatic N) is 1. The van der Waals surface area contributed by atoms with E-state index in [0.29, 0.717) is 16.6 Å². The highest BCUT2D eigenvalue weighted by Crippen LogP contribution is 2.27. The summed E-state index contributed by atoms with van der Waals surface area (Å²) >= 11 is 3.19. The van der Waals surface area contributed by atoms with Crippen molar-refractivity contribution < 1.29 is 4.92 Å². The number of likely N-dealkylation sites (N-methyl/N-ethyl adjacent to an activating group) is 1. The molecule has 0 radical (unpaired) electrons. The van der Waals surface area contributed by atoms with Gasteiger partial charge in [0.05, 0.1) is 9.41 Å². The zero-order valence-electron chi connectivity index (χ0n) is 6.63. The smallest absolute Gasteiger partial charge is 0.301 e. The fourth-order valence-electron chi connectivity index (χ4n) is 1.12. The third-order valence-corrected chi connectivity index (χ3v) is 2.45. The van der Waals surface area contributed by atoms with E-state index >= 15 is 0 Å². The Kier molecular flexibility index (Phi) is 2.86. The van der Waals surface area contributed by atoms with Crippen LogP contribution in [0, 0.1) is 10.1 Å². The summed E-state index contributed by atoms with van der Waals surface area (Å²) in [5.74, 6) is 0. The largest absolute Gasteiger partial charge is 0.383 e. The number of hydrogen-bond acceptors (Lipinski definition) is 3. The SMILES string of the molecule is CNC1=CCCC(Br)=C1[N+](=O)[O-]. The maximum atomic E-state index is 10.6. The van der Waals surface area contributed by atoms with Crippen molar-refractivity contribution in [3.63, 3.8) is 0 Å². The first-order chi connectivity index (χ1) is 5.66. The monoisotopic (exact) mass is 232 g/mol. The van der Waals surface area contributed by atoms with Gasteiger partial charge in [-0.2, -0.15) is 0 Å². The Morgan fingerprint density at radius 3 is 2.83 bits per heavy atom. The van der Waals surface area contributed by atoms with Gasteiger partial charge in [-0.25, -0.2) is 0 Å². The lowest BCUT2D eigenvalue weighted by atomic mass is 10.1. The molecule has 0 aromatic carbocycles. The van der Waals surface area contributed by atoms with E-state index in [1.165, 1.54) is 0 Å². The Bertz CT molecular complexity index is 271. The molecule has 5 heteroatoms. The molecule has 0 aromatic rings. The van der Waals surface area contributed by atoms with Crippen molar-refractivity contribution in [2.75, 3.05) is 7.05 Å². The second kappa shape index (κ2) is 3.71. The van der Waals surface area contributed by atoms with Gasteiger partial charge in [-0.05, 0) is 28.8 Å². The Morgan fingerprint density at radius 2 is 2.42 bits per heavy atom. The van der Waals surface area contributed by atoms with Crippen LogP contribution < -0.4 is 5.32 Å². The molecule has 0 unspecified atom stereocenters. The van der Waals surface area contributed by atoms with Gasteiger partial charge >= 0.3 is 5.70 Å². The van der Waals surface area contributed by atoms with Crippen LogP contribution in [0.3, 0.4) is 0 Å². The summed E-state index contributed by atoms with van der Waals surface area (Å²) in [5, 5.41) is 13.4. The maximum Gasteiger partial charge on any atom is 0.301 e. The number of hydrogen-bond donors (Lipinski definition) is 1. The lowest BCUT2D eigenvalue weighted by Crippen LogP contribution is -2.17. The standard InChI is InChI=1S/C7H9BrN2O2/c1-9-6-4-2-3-5(8)7(6)10(11)12/h4,9H,2-3H2,1H3. The molecule has 0 amide bonds. The van der Waals surface area contributed by atoms with Gasteiger partial charge in [-0.15, -0.1) is 0 Å². The van der Waals surface area contributed by atoms with Gasteiger partial charge in [-0.3, -0.25) is 10.1 Å². The molecule has 0 fully saturated rings. The third-order valence-electron chi connectivity index (χ3n) is 1.68. The van der Waals surface area contributed by atoms with Gasteiger partial charge < -0.3 is 5.32 Å². The molecule has 1 aliphatic carbocycles. The van der Waals surface area contributed by atoms with Gasteiger partial charge in [0.25, 0.3) is 0 Å². The minimum atomic E-state index is -0.369. The summed E-state index contributed by atoms with van der Waals surface area (Å²) in [4.78, 5) is 10.2. The van der Waals surface area contributed by atoms with Gasteiger partial charge in [0.2, 0.25) is 0 Å².